The fourth-order valence-electron chi connectivity index (χ4n) is 6.44. The van der Waals surface area contributed by atoms with Gasteiger partial charge < -0.3 is 13.7 Å². The van der Waals surface area contributed by atoms with Crippen molar-refractivity contribution in [3.63, 3.8) is 0 Å². The Morgan fingerprint density at radius 3 is 1.20 bits per heavy atom. The summed E-state index contributed by atoms with van der Waals surface area (Å²) in [6.45, 7) is 0. The fraction of sp³-hybridized carbons (Fsp3) is 0. The molecule has 238 valence electrons. The summed E-state index contributed by atoms with van der Waals surface area (Å²) in [5, 5.41) is -3.93. The SMILES string of the molecule is [2H]c1c([2H])c([2H])c(-c2c([2H])c([2H])c(-n3c4c([2H])c([2H])c([2H])c([2H])c4c4c([2H])c([2H])c([2H])c(-n5c6c([2H])c([2H])c([2H])c([2H])c6c6c([2H])c([2H])c([2H])c(-n7c8c([2H])c([2H])c([2H])c([2H])c8c8c([2H])c([2H])c([2H])c([2H])c87)c65)c43)c([2H])c2[2H])c([2H])c1[2H]. The number of hydrogen-bond acceptors (Lipinski definition) is 0. The molecule has 0 unspecified atom stereocenters. The van der Waals surface area contributed by atoms with Crippen molar-refractivity contribution in [2.45, 2.75) is 0 Å². The predicted molar refractivity (Wildman–Crippen MR) is 215 cm³/mol. The summed E-state index contributed by atoms with van der Waals surface area (Å²) in [6, 6.07) is -30.8. The first-order valence-electron chi connectivity index (χ1n) is 30.5. The smallest absolute Gasteiger partial charge is 0.0783 e. The minimum Gasteiger partial charge on any atom is -0.307 e. The lowest BCUT2D eigenvalue weighted by Crippen LogP contribution is -2.03. The molecule has 0 fully saturated rings. The highest BCUT2D eigenvalue weighted by Gasteiger charge is 2.23. The van der Waals surface area contributed by atoms with Gasteiger partial charge in [0.25, 0.3) is 0 Å². The number of para-hydroxylation sites is 6. The third kappa shape index (κ3) is 4.00. The van der Waals surface area contributed by atoms with Gasteiger partial charge in [0.2, 0.25) is 0 Å². The van der Waals surface area contributed by atoms with E-state index in [2.05, 4.69) is 0 Å². The van der Waals surface area contributed by atoms with Gasteiger partial charge in [0.15, 0.2) is 0 Å². The van der Waals surface area contributed by atoms with Crippen LogP contribution in [0.4, 0.5) is 0 Å². The van der Waals surface area contributed by atoms with Crippen molar-refractivity contribution >= 4 is 65.4 Å². The van der Waals surface area contributed by atoms with E-state index in [-0.39, 0.29) is 0 Å². The quantitative estimate of drug-likeness (QED) is 0.176. The molecule has 3 heteroatoms. The van der Waals surface area contributed by atoms with Crippen LogP contribution in [-0.2, 0) is 0 Å². The molecule has 3 heterocycles. The van der Waals surface area contributed by atoms with E-state index < -0.39 is 281 Å². The lowest BCUT2D eigenvalue weighted by Gasteiger charge is -2.17. The average Bonchev–Trinajstić information content (AvgIpc) is 1.89. The van der Waals surface area contributed by atoms with Gasteiger partial charge in [-0.2, -0.15) is 0 Å². The van der Waals surface area contributed by atoms with Gasteiger partial charge in [-0.1, -0.05) is 139 Å². The van der Waals surface area contributed by atoms with E-state index in [4.69, 9.17) is 20.6 Å². The fourth-order valence-corrected chi connectivity index (χ4v) is 6.44. The summed E-state index contributed by atoms with van der Waals surface area (Å²) in [7, 11) is 0. The zero-order valence-corrected chi connectivity index (χ0v) is 25.3. The van der Waals surface area contributed by atoms with Crippen molar-refractivity contribution in [3.8, 4) is 28.2 Å². The zero-order valence-electron chi connectivity index (χ0n) is 56.3. The zero-order chi connectivity index (χ0) is 60.4. The van der Waals surface area contributed by atoms with Crippen LogP contribution in [0, 0.1) is 0 Å². The van der Waals surface area contributed by atoms with Gasteiger partial charge in [0, 0.05) is 38.0 Å². The third-order valence-electron chi connectivity index (χ3n) is 8.45. The van der Waals surface area contributed by atoms with Crippen LogP contribution < -0.4 is 0 Å². The summed E-state index contributed by atoms with van der Waals surface area (Å²) >= 11 is 0. The maximum absolute atomic E-state index is 9.92. The van der Waals surface area contributed by atoms with E-state index in [9.17, 15) is 21.9 Å². The van der Waals surface area contributed by atoms with Crippen molar-refractivity contribution in [1.82, 2.24) is 13.7 Å². The molecule has 0 bridgehead atoms. The lowest BCUT2D eigenvalue weighted by molar-refractivity contribution is 1.11. The number of fused-ring (bicyclic) bond motifs is 9. The highest BCUT2D eigenvalue weighted by atomic mass is 15.1. The molecule has 11 aromatic rings. The molecule has 0 atom stereocenters. The topological polar surface area (TPSA) is 14.8 Å². The number of hydrogen-bond donors (Lipinski definition) is 0. The van der Waals surface area contributed by atoms with Gasteiger partial charge in [-0.3, -0.25) is 0 Å². The second-order valence-corrected chi connectivity index (χ2v) is 11.0. The largest absolute Gasteiger partial charge is 0.307 e. The monoisotopic (exact) mass is 680 g/mol. The second-order valence-electron chi connectivity index (χ2n) is 11.0. The summed E-state index contributed by atoms with van der Waals surface area (Å²) in [4.78, 5) is 0. The molecule has 3 nitrogen and oxygen atoms in total. The Bertz CT molecular complexity index is 4800. The summed E-state index contributed by atoms with van der Waals surface area (Å²) in [5.74, 6) is 0. The Morgan fingerprint density at radius 1 is 0.275 bits per heavy atom. The van der Waals surface area contributed by atoms with Crippen LogP contribution in [0.2, 0.25) is 0 Å². The van der Waals surface area contributed by atoms with E-state index in [1.165, 1.54) is 0 Å². The molecule has 0 saturated carbocycles. The van der Waals surface area contributed by atoms with Crippen molar-refractivity contribution in [2.75, 3.05) is 0 Å². The molecule has 0 aliphatic rings. The first-order chi connectivity index (χ1) is 38.2. The number of aromatic nitrogens is 3. The standard InChI is InChI=1S/C48H31N3/c1-2-14-32(15-3-1)33-28-30-34(31-29-33)49-41-22-8-6-18-37(41)39-20-13-27-46(47(39)49)51-44-25-11-7-19-38(44)40-21-12-26-45(48(40)51)50-42-23-9-4-16-35(42)36-17-5-10-24-43(36)50/h1-31H/i1D,2D,3D,4D,5D,6D,7D,8D,9D,10D,11D,12D,13D,14D,15D,16D,17D,18D,19D,20D,21D,22D,23D,24D,25D,26D,27D,28D,29D,30D,31D. The number of rotatable bonds is 4. The van der Waals surface area contributed by atoms with Crippen molar-refractivity contribution in [1.29, 1.82) is 0 Å². The molecule has 0 spiro atoms. The molecule has 51 heavy (non-hydrogen) atoms. The van der Waals surface area contributed by atoms with Gasteiger partial charge in [-0.25, -0.2) is 0 Å². The molecular formula is C48H31N3. The van der Waals surface area contributed by atoms with Crippen LogP contribution in [-0.4, -0.2) is 13.7 Å². The second kappa shape index (κ2) is 10.8. The van der Waals surface area contributed by atoms with E-state index in [0.29, 0.717) is 9.13 Å². The minimum absolute atomic E-state index is 0.566. The van der Waals surface area contributed by atoms with Crippen molar-refractivity contribution < 1.29 is 42.5 Å². The Morgan fingerprint density at radius 2 is 0.647 bits per heavy atom. The van der Waals surface area contributed by atoms with Crippen LogP contribution in [0.5, 0.6) is 0 Å². The predicted octanol–water partition coefficient (Wildman–Crippen LogP) is 12.6. The molecule has 0 aliphatic heterocycles. The van der Waals surface area contributed by atoms with Crippen LogP contribution in [0.3, 0.4) is 0 Å². The van der Waals surface area contributed by atoms with E-state index in [0.717, 1.165) is 4.57 Å². The van der Waals surface area contributed by atoms with Crippen LogP contribution in [0.1, 0.15) is 42.5 Å². The minimum atomic E-state index is -1.16. The average molecular weight is 681 g/mol. The lowest BCUT2D eigenvalue weighted by atomic mass is 10.1. The number of benzene rings is 8. The van der Waals surface area contributed by atoms with E-state index in [1.807, 2.05) is 0 Å². The van der Waals surface area contributed by atoms with Gasteiger partial charge in [-0.05, 0) is 59.5 Å². The Hall–Kier alpha value is -6.84. The van der Waals surface area contributed by atoms with Crippen molar-refractivity contribution in [2.24, 2.45) is 0 Å². The molecule has 0 aliphatic carbocycles. The summed E-state index contributed by atoms with van der Waals surface area (Å²) in [6.07, 6.45) is 0. The molecule has 8 aromatic carbocycles. The third-order valence-corrected chi connectivity index (χ3v) is 8.45. The highest BCUT2D eigenvalue weighted by Crippen LogP contribution is 2.43. The molecular weight excluding hydrogens is 619 g/mol. The van der Waals surface area contributed by atoms with Crippen LogP contribution in [0.15, 0.2) is 187 Å². The Labute approximate surface area is 338 Å². The number of nitrogens with zero attached hydrogens (tertiary/aromatic N) is 3. The Balaban J connectivity index is 1.51. The summed E-state index contributed by atoms with van der Waals surface area (Å²) in [5.41, 5.74) is -9.00. The first-order valence-corrected chi connectivity index (χ1v) is 15.0. The van der Waals surface area contributed by atoms with Gasteiger partial charge in [-0.15, -0.1) is 0 Å². The molecule has 0 saturated heterocycles. The molecule has 0 amide bonds. The first kappa shape index (κ1) is 11.3. The molecule has 0 N–H and O–H groups in total. The van der Waals surface area contributed by atoms with E-state index in [1.54, 1.807) is 0 Å². The molecule has 11 rings (SSSR count). The maximum Gasteiger partial charge on any atom is 0.0783 e. The maximum atomic E-state index is 9.92. The van der Waals surface area contributed by atoms with Gasteiger partial charge in [0.1, 0.15) is 0 Å². The summed E-state index contributed by atoms with van der Waals surface area (Å²) < 4.78 is 285. The van der Waals surface area contributed by atoms with Gasteiger partial charge in [0.05, 0.1) is 87.0 Å². The van der Waals surface area contributed by atoms with Crippen LogP contribution in [0.25, 0.3) is 93.6 Å². The molecule has 0 radical (unpaired) electrons. The van der Waals surface area contributed by atoms with E-state index >= 15 is 0 Å². The van der Waals surface area contributed by atoms with Crippen LogP contribution >= 0.6 is 0 Å². The molecule has 3 aromatic heterocycles. The Kier molecular flexibility index (Phi) is 2.41. The highest BCUT2D eigenvalue weighted by molar-refractivity contribution is 6.17. The van der Waals surface area contributed by atoms with Crippen molar-refractivity contribution in [3.05, 3.63) is 187 Å². The normalized spacial score (nSPS) is 20.4. The van der Waals surface area contributed by atoms with Gasteiger partial charge >= 0.3 is 0 Å².